The average molecular weight is 266 g/mol. The Morgan fingerprint density at radius 2 is 1.84 bits per heavy atom. The van der Waals surface area contributed by atoms with Crippen LogP contribution in [0.5, 0.6) is 11.5 Å². The van der Waals surface area contributed by atoms with Crippen LogP contribution in [0, 0.1) is 5.92 Å². The topological polar surface area (TPSA) is 38.7 Å². The predicted octanol–water partition coefficient (Wildman–Crippen LogP) is 3.59. The zero-order valence-corrected chi connectivity index (χ0v) is 12.7. The molecule has 108 valence electrons. The van der Waals surface area contributed by atoms with Crippen LogP contribution in [0.4, 0.5) is 0 Å². The third kappa shape index (κ3) is 5.79. The zero-order valence-electron chi connectivity index (χ0n) is 12.7. The minimum atomic E-state index is 0.214. The van der Waals surface area contributed by atoms with Crippen molar-refractivity contribution in [2.45, 2.75) is 26.7 Å². The molecular weight excluding hydrogens is 240 g/mol. The van der Waals surface area contributed by atoms with Crippen LogP contribution in [0.1, 0.15) is 25.0 Å². The van der Waals surface area contributed by atoms with Gasteiger partial charge in [-0.05, 0) is 30.4 Å². The molecule has 0 bridgehead atoms. The summed E-state index contributed by atoms with van der Waals surface area (Å²) in [7, 11) is 4.84. The second-order valence-corrected chi connectivity index (χ2v) is 4.75. The van der Waals surface area contributed by atoms with Gasteiger partial charge < -0.3 is 14.6 Å². The fourth-order valence-corrected chi connectivity index (χ4v) is 1.86. The molecule has 0 fully saturated rings. The van der Waals surface area contributed by atoms with E-state index in [1.165, 1.54) is 5.56 Å². The molecule has 1 aromatic rings. The lowest BCUT2D eigenvalue weighted by molar-refractivity contribution is 0.277. The SMILES string of the molecule is C=CCc1ccc(O)c(OC)c1CC(C)C.COC. The van der Waals surface area contributed by atoms with Crippen LogP contribution in [0.25, 0.3) is 0 Å². The molecule has 0 heterocycles. The van der Waals surface area contributed by atoms with E-state index in [9.17, 15) is 5.11 Å². The fourth-order valence-electron chi connectivity index (χ4n) is 1.86. The summed E-state index contributed by atoms with van der Waals surface area (Å²) < 4.78 is 9.53. The van der Waals surface area contributed by atoms with Crippen molar-refractivity contribution in [3.63, 3.8) is 0 Å². The van der Waals surface area contributed by atoms with Gasteiger partial charge in [0.15, 0.2) is 11.5 Å². The highest BCUT2D eigenvalue weighted by molar-refractivity contribution is 5.50. The summed E-state index contributed by atoms with van der Waals surface area (Å²) in [6.07, 6.45) is 3.58. The summed E-state index contributed by atoms with van der Waals surface area (Å²) in [6.45, 7) is 8.06. The maximum atomic E-state index is 9.75. The van der Waals surface area contributed by atoms with E-state index in [1.807, 2.05) is 12.1 Å². The van der Waals surface area contributed by atoms with Gasteiger partial charge >= 0.3 is 0 Å². The lowest BCUT2D eigenvalue weighted by atomic mass is 9.95. The molecular formula is C16H26O3. The molecule has 0 atom stereocenters. The van der Waals surface area contributed by atoms with Gasteiger partial charge in [-0.3, -0.25) is 0 Å². The normalized spacial score (nSPS) is 9.79. The number of methoxy groups -OCH3 is 2. The van der Waals surface area contributed by atoms with Gasteiger partial charge in [-0.1, -0.05) is 26.0 Å². The van der Waals surface area contributed by atoms with Gasteiger partial charge in [0.1, 0.15) is 0 Å². The Morgan fingerprint density at radius 1 is 1.26 bits per heavy atom. The summed E-state index contributed by atoms with van der Waals surface area (Å²) in [5.74, 6) is 1.35. The molecule has 3 nitrogen and oxygen atoms in total. The summed E-state index contributed by atoms with van der Waals surface area (Å²) >= 11 is 0. The summed E-state index contributed by atoms with van der Waals surface area (Å²) in [5, 5.41) is 9.75. The number of aromatic hydroxyl groups is 1. The molecule has 0 aliphatic carbocycles. The molecule has 0 unspecified atom stereocenters. The van der Waals surface area contributed by atoms with Gasteiger partial charge in [0.2, 0.25) is 0 Å². The van der Waals surface area contributed by atoms with Crippen molar-refractivity contribution >= 4 is 0 Å². The van der Waals surface area contributed by atoms with Gasteiger partial charge in [0, 0.05) is 19.8 Å². The number of hydrogen-bond donors (Lipinski definition) is 1. The van der Waals surface area contributed by atoms with E-state index in [2.05, 4.69) is 25.2 Å². The van der Waals surface area contributed by atoms with Crippen LogP contribution in [-0.2, 0) is 17.6 Å². The minimum absolute atomic E-state index is 0.214. The van der Waals surface area contributed by atoms with E-state index >= 15 is 0 Å². The van der Waals surface area contributed by atoms with Crippen LogP contribution >= 0.6 is 0 Å². The smallest absolute Gasteiger partial charge is 0.163 e. The average Bonchev–Trinajstić information content (AvgIpc) is 2.33. The highest BCUT2D eigenvalue weighted by atomic mass is 16.5. The Labute approximate surface area is 116 Å². The van der Waals surface area contributed by atoms with Crippen LogP contribution < -0.4 is 4.74 Å². The molecule has 0 radical (unpaired) electrons. The monoisotopic (exact) mass is 266 g/mol. The summed E-state index contributed by atoms with van der Waals surface area (Å²) in [6, 6.07) is 3.62. The van der Waals surface area contributed by atoms with Crippen LogP contribution in [0.2, 0.25) is 0 Å². The fraction of sp³-hybridized carbons (Fsp3) is 0.500. The first-order chi connectivity index (χ1) is 9.01. The minimum Gasteiger partial charge on any atom is -0.504 e. The number of hydrogen-bond acceptors (Lipinski definition) is 3. The number of phenolic OH excluding ortho intramolecular Hbond substituents is 1. The molecule has 0 aromatic heterocycles. The summed E-state index contributed by atoms with van der Waals surface area (Å²) in [5.41, 5.74) is 2.27. The molecule has 1 aromatic carbocycles. The second-order valence-electron chi connectivity index (χ2n) is 4.75. The van der Waals surface area contributed by atoms with Crippen molar-refractivity contribution < 1.29 is 14.6 Å². The Balaban J connectivity index is 0.000000982. The molecule has 0 spiro atoms. The molecule has 3 heteroatoms. The lowest BCUT2D eigenvalue weighted by Crippen LogP contribution is -2.02. The van der Waals surface area contributed by atoms with E-state index in [1.54, 1.807) is 27.4 Å². The molecule has 0 aliphatic heterocycles. The highest BCUT2D eigenvalue weighted by Crippen LogP contribution is 2.34. The molecule has 1 rings (SSSR count). The molecule has 0 aliphatic rings. The number of phenols is 1. The first-order valence-corrected chi connectivity index (χ1v) is 6.40. The third-order valence-electron chi connectivity index (χ3n) is 2.52. The Hall–Kier alpha value is -1.48. The molecule has 0 saturated carbocycles. The molecule has 0 amide bonds. The Morgan fingerprint density at radius 3 is 2.26 bits per heavy atom. The van der Waals surface area contributed by atoms with E-state index in [0.717, 1.165) is 18.4 Å². The maximum Gasteiger partial charge on any atom is 0.163 e. The maximum absolute atomic E-state index is 9.75. The lowest BCUT2D eigenvalue weighted by Gasteiger charge is -2.16. The quantitative estimate of drug-likeness (QED) is 0.828. The molecule has 19 heavy (non-hydrogen) atoms. The Bertz CT molecular complexity index is 384. The van der Waals surface area contributed by atoms with Gasteiger partial charge in [0.25, 0.3) is 0 Å². The summed E-state index contributed by atoms with van der Waals surface area (Å²) in [4.78, 5) is 0. The van der Waals surface area contributed by atoms with Crippen molar-refractivity contribution in [1.82, 2.24) is 0 Å². The van der Waals surface area contributed by atoms with Crippen molar-refractivity contribution in [1.29, 1.82) is 0 Å². The number of ether oxygens (including phenoxy) is 2. The number of benzene rings is 1. The predicted molar refractivity (Wildman–Crippen MR) is 80.0 cm³/mol. The van der Waals surface area contributed by atoms with Gasteiger partial charge in [-0.2, -0.15) is 0 Å². The zero-order chi connectivity index (χ0) is 14.8. The first kappa shape index (κ1) is 17.5. The third-order valence-corrected chi connectivity index (χ3v) is 2.52. The van der Waals surface area contributed by atoms with Gasteiger partial charge in [0.05, 0.1) is 7.11 Å². The van der Waals surface area contributed by atoms with Crippen LogP contribution in [0.15, 0.2) is 24.8 Å². The van der Waals surface area contributed by atoms with E-state index in [-0.39, 0.29) is 5.75 Å². The van der Waals surface area contributed by atoms with E-state index in [0.29, 0.717) is 11.7 Å². The van der Waals surface area contributed by atoms with Crippen molar-refractivity contribution in [2.75, 3.05) is 21.3 Å². The highest BCUT2D eigenvalue weighted by Gasteiger charge is 2.14. The number of allylic oxidation sites excluding steroid dienone is 1. The number of rotatable bonds is 5. The van der Waals surface area contributed by atoms with Gasteiger partial charge in [-0.25, -0.2) is 0 Å². The standard InChI is InChI=1S/C14H20O2.C2H6O/c1-5-6-11-7-8-13(15)14(16-4)12(11)9-10(2)3;1-3-2/h5,7-8,10,15H,1,6,9H2,2-4H3;1-2H3. The van der Waals surface area contributed by atoms with Crippen molar-refractivity contribution in [2.24, 2.45) is 5.92 Å². The van der Waals surface area contributed by atoms with Crippen LogP contribution in [0.3, 0.4) is 0 Å². The second kappa shape index (κ2) is 9.45. The largest absolute Gasteiger partial charge is 0.504 e. The van der Waals surface area contributed by atoms with Gasteiger partial charge in [-0.15, -0.1) is 6.58 Å². The van der Waals surface area contributed by atoms with E-state index in [4.69, 9.17) is 4.74 Å². The van der Waals surface area contributed by atoms with E-state index < -0.39 is 0 Å². The van der Waals surface area contributed by atoms with Crippen LogP contribution in [-0.4, -0.2) is 26.4 Å². The van der Waals surface area contributed by atoms with Crippen molar-refractivity contribution in [3.8, 4) is 11.5 Å². The first-order valence-electron chi connectivity index (χ1n) is 6.40. The Kier molecular flexibility index (Phi) is 8.71. The van der Waals surface area contributed by atoms with Crippen molar-refractivity contribution in [3.05, 3.63) is 35.9 Å². The molecule has 1 N–H and O–H groups in total. The molecule has 0 saturated heterocycles.